The summed E-state index contributed by atoms with van der Waals surface area (Å²) in [6, 6.07) is 2.70. The predicted octanol–water partition coefficient (Wildman–Crippen LogP) is 1.28. The van der Waals surface area contributed by atoms with Crippen molar-refractivity contribution in [3.8, 4) is 0 Å². The van der Waals surface area contributed by atoms with Gasteiger partial charge in [-0.1, -0.05) is 0 Å². The summed E-state index contributed by atoms with van der Waals surface area (Å²) in [5, 5.41) is 0. The van der Waals surface area contributed by atoms with Crippen molar-refractivity contribution in [2.24, 2.45) is 5.73 Å². The summed E-state index contributed by atoms with van der Waals surface area (Å²) in [4.78, 5) is 5.16. The summed E-state index contributed by atoms with van der Waals surface area (Å²) in [6.45, 7) is 6.96. The molecule has 0 aromatic rings. The molecule has 2 atom stereocenters. The molecular weight excluding hydrogens is 198 g/mol. The summed E-state index contributed by atoms with van der Waals surface area (Å²) >= 11 is 0. The molecule has 3 nitrogen and oxygen atoms in total. The van der Waals surface area contributed by atoms with Gasteiger partial charge in [0.15, 0.2) is 0 Å². The van der Waals surface area contributed by atoms with Crippen molar-refractivity contribution in [3.63, 3.8) is 0 Å². The molecule has 2 fully saturated rings. The zero-order valence-corrected chi connectivity index (χ0v) is 11.0. The molecule has 94 valence electrons. The van der Waals surface area contributed by atoms with Gasteiger partial charge in [0.25, 0.3) is 0 Å². The number of hydrogen-bond donors (Lipinski definition) is 1. The van der Waals surface area contributed by atoms with E-state index in [4.69, 9.17) is 5.73 Å². The molecular formula is C13H27N3. The standard InChI is InChI=1S/C13H27N3/c1-10(2)15(3)6-7-16-12-4-5-13(16)9-11(14)8-12/h10-13H,4-9,14H2,1-3H3. The van der Waals surface area contributed by atoms with Crippen LogP contribution < -0.4 is 5.73 Å². The molecule has 2 heterocycles. The second-order valence-electron chi connectivity index (χ2n) is 5.93. The number of hydrogen-bond acceptors (Lipinski definition) is 3. The van der Waals surface area contributed by atoms with Crippen LogP contribution in [0.15, 0.2) is 0 Å². The van der Waals surface area contributed by atoms with Gasteiger partial charge in [-0.25, -0.2) is 0 Å². The van der Waals surface area contributed by atoms with Gasteiger partial charge >= 0.3 is 0 Å². The van der Waals surface area contributed by atoms with Crippen molar-refractivity contribution in [1.29, 1.82) is 0 Å². The third-order valence-corrected chi connectivity index (χ3v) is 4.51. The first kappa shape index (κ1) is 12.3. The first-order valence-electron chi connectivity index (χ1n) is 6.79. The minimum absolute atomic E-state index is 0.469. The molecule has 0 aromatic carbocycles. The van der Waals surface area contributed by atoms with Crippen LogP contribution in [-0.2, 0) is 0 Å². The smallest absolute Gasteiger partial charge is 0.0115 e. The lowest BCUT2D eigenvalue weighted by atomic mass is 9.98. The largest absolute Gasteiger partial charge is 0.328 e. The molecule has 0 aromatic heterocycles. The average molecular weight is 225 g/mol. The zero-order chi connectivity index (χ0) is 11.7. The fraction of sp³-hybridized carbons (Fsp3) is 1.00. The summed E-state index contributed by atoms with van der Waals surface area (Å²) in [7, 11) is 2.22. The highest BCUT2D eigenvalue weighted by atomic mass is 15.3. The number of piperidine rings is 1. The molecule has 16 heavy (non-hydrogen) atoms. The Bertz CT molecular complexity index is 215. The molecule has 2 rings (SSSR count). The van der Waals surface area contributed by atoms with E-state index in [9.17, 15) is 0 Å². The molecule has 0 spiro atoms. The van der Waals surface area contributed by atoms with Crippen LogP contribution in [0.2, 0.25) is 0 Å². The van der Waals surface area contributed by atoms with Crippen LogP contribution in [0.5, 0.6) is 0 Å². The number of rotatable bonds is 4. The Morgan fingerprint density at radius 2 is 1.81 bits per heavy atom. The maximum Gasteiger partial charge on any atom is 0.0115 e. The molecule has 0 radical (unpaired) electrons. The van der Waals surface area contributed by atoms with E-state index in [2.05, 4.69) is 30.7 Å². The lowest BCUT2D eigenvalue weighted by Gasteiger charge is -2.38. The minimum atomic E-state index is 0.469. The van der Waals surface area contributed by atoms with Gasteiger partial charge in [-0.05, 0) is 46.6 Å². The predicted molar refractivity (Wildman–Crippen MR) is 68.5 cm³/mol. The van der Waals surface area contributed by atoms with E-state index in [0.29, 0.717) is 12.1 Å². The van der Waals surface area contributed by atoms with E-state index in [0.717, 1.165) is 12.1 Å². The van der Waals surface area contributed by atoms with Gasteiger partial charge in [0, 0.05) is 37.3 Å². The Hall–Kier alpha value is -0.120. The lowest BCUT2D eigenvalue weighted by Crippen LogP contribution is -2.49. The molecule has 2 aliphatic rings. The molecule has 0 aliphatic carbocycles. The Kier molecular flexibility index (Phi) is 3.88. The van der Waals surface area contributed by atoms with Crippen molar-refractivity contribution >= 4 is 0 Å². The van der Waals surface area contributed by atoms with Crippen LogP contribution in [0.25, 0.3) is 0 Å². The van der Waals surface area contributed by atoms with Crippen LogP contribution in [0.3, 0.4) is 0 Å². The van der Waals surface area contributed by atoms with Gasteiger partial charge in [0.05, 0.1) is 0 Å². The van der Waals surface area contributed by atoms with Crippen LogP contribution >= 0.6 is 0 Å². The first-order valence-corrected chi connectivity index (χ1v) is 6.79. The molecule has 2 saturated heterocycles. The maximum atomic E-state index is 6.08. The fourth-order valence-electron chi connectivity index (χ4n) is 3.21. The number of nitrogens with zero attached hydrogens (tertiary/aromatic N) is 2. The molecule has 2 unspecified atom stereocenters. The van der Waals surface area contributed by atoms with E-state index in [1.807, 2.05) is 0 Å². The molecule has 2 aliphatic heterocycles. The summed E-state index contributed by atoms with van der Waals surface area (Å²) < 4.78 is 0. The Morgan fingerprint density at radius 3 is 2.31 bits per heavy atom. The highest BCUT2D eigenvalue weighted by Gasteiger charge is 2.39. The van der Waals surface area contributed by atoms with Crippen LogP contribution in [-0.4, -0.2) is 54.1 Å². The fourth-order valence-corrected chi connectivity index (χ4v) is 3.21. The third kappa shape index (κ3) is 2.58. The monoisotopic (exact) mass is 225 g/mol. The van der Waals surface area contributed by atoms with Gasteiger partial charge < -0.3 is 10.6 Å². The average Bonchev–Trinajstić information content (AvgIpc) is 2.45. The third-order valence-electron chi connectivity index (χ3n) is 4.51. The first-order chi connectivity index (χ1) is 7.58. The quantitative estimate of drug-likeness (QED) is 0.782. The van der Waals surface area contributed by atoms with Gasteiger partial charge in [0.2, 0.25) is 0 Å². The molecule has 0 amide bonds. The van der Waals surface area contributed by atoms with Gasteiger partial charge in [-0.2, -0.15) is 0 Å². The summed E-state index contributed by atoms with van der Waals surface area (Å²) in [5.41, 5.74) is 6.08. The summed E-state index contributed by atoms with van der Waals surface area (Å²) in [6.07, 6.45) is 5.21. The van der Waals surface area contributed by atoms with E-state index >= 15 is 0 Å². The normalized spacial score (nSPS) is 35.2. The Labute approximate surface area is 100.0 Å². The SMILES string of the molecule is CC(C)N(C)CCN1C2CCC1CC(N)C2. The topological polar surface area (TPSA) is 32.5 Å². The van der Waals surface area contributed by atoms with Crippen LogP contribution in [0.4, 0.5) is 0 Å². The minimum Gasteiger partial charge on any atom is -0.328 e. The van der Waals surface area contributed by atoms with Gasteiger partial charge in [0.1, 0.15) is 0 Å². The highest BCUT2D eigenvalue weighted by molar-refractivity contribution is 4.96. The van der Waals surface area contributed by atoms with E-state index in [1.165, 1.54) is 38.8 Å². The molecule has 0 saturated carbocycles. The zero-order valence-electron chi connectivity index (χ0n) is 11.0. The molecule has 2 N–H and O–H groups in total. The van der Waals surface area contributed by atoms with Gasteiger partial charge in [-0.3, -0.25) is 4.90 Å². The lowest BCUT2D eigenvalue weighted by molar-refractivity contribution is 0.108. The number of nitrogens with two attached hydrogens (primary N) is 1. The summed E-state index contributed by atoms with van der Waals surface area (Å²) in [5.74, 6) is 0. The van der Waals surface area contributed by atoms with Crippen LogP contribution in [0, 0.1) is 0 Å². The Balaban J connectivity index is 1.82. The van der Waals surface area contributed by atoms with Crippen LogP contribution in [0.1, 0.15) is 39.5 Å². The van der Waals surface area contributed by atoms with Crippen molar-refractivity contribution in [3.05, 3.63) is 0 Å². The van der Waals surface area contributed by atoms with E-state index in [-0.39, 0.29) is 0 Å². The van der Waals surface area contributed by atoms with Gasteiger partial charge in [-0.15, -0.1) is 0 Å². The van der Waals surface area contributed by atoms with Crippen molar-refractivity contribution in [1.82, 2.24) is 9.80 Å². The molecule has 2 bridgehead atoms. The molecule has 3 heteroatoms. The second kappa shape index (κ2) is 5.03. The highest BCUT2D eigenvalue weighted by Crippen LogP contribution is 2.34. The second-order valence-corrected chi connectivity index (χ2v) is 5.93. The number of fused-ring (bicyclic) bond motifs is 2. The maximum absolute atomic E-state index is 6.08. The Morgan fingerprint density at radius 1 is 1.25 bits per heavy atom. The van der Waals surface area contributed by atoms with E-state index in [1.54, 1.807) is 0 Å². The van der Waals surface area contributed by atoms with Crippen molar-refractivity contribution < 1.29 is 0 Å². The van der Waals surface area contributed by atoms with E-state index < -0.39 is 0 Å². The van der Waals surface area contributed by atoms with Crippen molar-refractivity contribution in [2.45, 2.75) is 63.7 Å². The van der Waals surface area contributed by atoms with Crippen molar-refractivity contribution in [2.75, 3.05) is 20.1 Å². The number of likely N-dealkylation sites (N-methyl/N-ethyl adjacent to an activating group) is 1.